The van der Waals surface area contributed by atoms with Gasteiger partial charge in [-0.05, 0) is 50.9 Å². The first-order valence-corrected chi connectivity index (χ1v) is 6.01. The van der Waals surface area contributed by atoms with Crippen molar-refractivity contribution in [2.45, 2.75) is 40.0 Å². The van der Waals surface area contributed by atoms with E-state index in [0.29, 0.717) is 0 Å². The fraction of sp³-hybridized carbons (Fsp3) is 0.571. The van der Waals surface area contributed by atoms with E-state index >= 15 is 0 Å². The summed E-state index contributed by atoms with van der Waals surface area (Å²) in [5.74, 6) is 0. The molecule has 15 heavy (non-hydrogen) atoms. The summed E-state index contributed by atoms with van der Waals surface area (Å²) in [6.45, 7) is 8.84. The van der Waals surface area contributed by atoms with Crippen molar-refractivity contribution in [2.75, 3.05) is 13.1 Å². The standard InChI is InChI=1S/C14H23N/c1-4-5-9-15-10-8-14-11-12(2)6-7-13(14)3/h6-7,11,15H,4-5,8-10H2,1-3H3. The van der Waals surface area contributed by atoms with Crippen molar-refractivity contribution < 1.29 is 0 Å². The predicted molar refractivity (Wildman–Crippen MR) is 67.4 cm³/mol. The number of rotatable bonds is 6. The number of aryl methyl sites for hydroxylation is 2. The molecule has 0 saturated heterocycles. The average Bonchev–Trinajstić information content (AvgIpc) is 2.23. The van der Waals surface area contributed by atoms with Gasteiger partial charge in [0.15, 0.2) is 0 Å². The lowest BCUT2D eigenvalue weighted by Gasteiger charge is -2.08. The van der Waals surface area contributed by atoms with Crippen LogP contribution in [0.25, 0.3) is 0 Å². The Bertz CT molecular complexity index is 291. The molecular formula is C14H23N. The maximum atomic E-state index is 3.48. The van der Waals surface area contributed by atoms with E-state index in [9.17, 15) is 0 Å². The summed E-state index contributed by atoms with van der Waals surface area (Å²) < 4.78 is 0. The third-order valence-corrected chi connectivity index (χ3v) is 2.78. The van der Waals surface area contributed by atoms with Crippen molar-refractivity contribution in [3.63, 3.8) is 0 Å². The molecular weight excluding hydrogens is 182 g/mol. The second-order valence-electron chi connectivity index (χ2n) is 4.28. The van der Waals surface area contributed by atoms with E-state index in [1.54, 1.807) is 0 Å². The van der Waals surface area contributed by atoms with Gasteiger partial charge in [-0.2, -0.15) is 0 Å². The van der Waals surface area contributed by atoms with Gasteiger partial charge in [0.2, 0.25) is 0 Å². The van der Waals surface area contributed by atoms with Gasteiger partial charge in [-0.25, -0.2) is 0 Å². The average molecular weight is 205 g/mol. The smallest absolute Gasteiger partial charge is 0.000825 e. The first kappa shape index (κ1) is 12.3. The van der Waals surface area contributed by atoms with Crippen LogP contribution >= 0.6 is 0 Å². The maximum absolute atomic E-state index is 3.48. The normalized spacial score (nSPS) is 10.6. The summed E-state index contributed by atoms with van der Waals surface area (Å²) >= 11 is 0. The minimum atomic E-state index is 1.10. The first-order valence-electron chi connectivity index (χ1n) is 6.01. The molecule has 0 saturated carbocycles. The molecule has 1 heteroatoms. The third kappa shape index (κ3) is 4.48. The lowest BCUT2D eigenvalue weighted by atomic mass is 10.0. The zero-order valence-corrected chi connectivity index (χ0v) is 10.3. The number of nitrogens with one attached hydrogen (secondary N) is 1. The van der Waals surface area contributed by atoms with Gasteiger partial charge in [-0.1, -0.05) is 37.1 Å². The Labute approximate surface area is 93.9 Å². The zero-order valence-electron chi connectivity index (χ0n) is 10.3. The molecule has 1 N–H and O–H groups in total. The van der Waals surface area contributed by atoms with Crippen LogP contribution in [-0.4, -0.2) is 13.1 Å². The molecule has 1 aromatic rings. The molecule has 0 unspecified atom stereocenters. The van der Waals surface area contributed by atoms with Crippen molar-refractivity contribution >= 4 is 0 Å². The van der Waals surface area contributed by atoms with Crippen LogP contribution in [0.3, 0.4) is 0 Å². The Kier molecular flexibility index (Phi) is 5.41. The molecule has 1 rings (SSSR count). The lowest BCUT2D eigenvalue weighted by Crippen LogP contribution is -2.18. The summed E-state index contributed by atoms with van der Waals surface area (Å²) in [5.41, 5.74) is 4.26. The minimum absolute atomic E-state index is 1.10. The van der Waals surface area contributed by atoms with E-state index in [2.05, 4.69) is 44.3 Å². The van der Waals surface area contributed by atoms with Crippen LogP contribution in [0, 0.1) is 13.8 Å². The van der Waals surface area contributed by atoms with Crippen molar-refractivity contribution in [3.05, 3.63) is 34.9 Å². The molecule has 0 radical (unpaired) electrons. The van der Waals surface area contributed by atoms with Crippen LogP contribution in [0.4, 0.5) is 0 Å². The topological polar surface area (TPSA) is 12.0 Å². The largest absolute Gasteiger partial charge is 0.316 e. The van der Waals surface area contributed by atoms with Gasteiger partial charge in [-0.3, -0.25) is 0 Å². The fourth-order valence-electron chi connectivity index (χ4n) is 1.72. The summed E-state index contributed by atoms with van der Waals surface area (Å²) in [6.07, 6.45) is 3.71. The van der Waals surface area contributed by atoms with E-state index in [4.69, 9.17) is 0 Å². The van der Waals surface area contributed by atoms with Gasteiger partial charge in [0.05, 0.1) is 0 Å². The highest BCUT2D eigenvalue weighted by Crippen LogP contribution is 2.10. The van der Waals surface area contributed by atoms with E-state index < -0.39 is 0 Å². The van der Waals surface area contributed by atoms with Crippen molar-refractivity contribution in [1.29, 1.82) is 0 Å². The number of benzene rings is 1. The number of unbranched alkanes of at least 4 members (excludes halogenated alkanes) is 1. The van der Waals surface area contributed by atoms with Gasteiger partial charge in [0.1, 0.15) is 0 Å². The molecule has 1 nitrogen and oxygen atoms in total. The zero-order chi connectivity index (χ0) is 11.1. The second kappa shape index (κ2) is 6.62. The van der Waals surface area contributed by atoms with Gasteiger partial charge >= 0.3 is 0 Å². The van der Waals surface area contributed by atoms with Crippen LogP contribution in [0.15, 0.2) is 18.2 Å². The van der Waals surface area contributed by atoms with E-state index in [1.807, 2.05) is 0 Å². The number of hydrogen-bond acceptors (Lipinski definition) is 1. The van der Waals surface area contributed by atoms with E-state index in [1.165, 1.54) is 29.5 Å². The summed E-state index contributed by atoms with van der Waals surface area (Å²) in [7, 11) is 0. The molecule has 0 spiro atoms. The number of hydrogen-bond donors (Lipinski definition) is 1. The third-order valence-electron chi connectivity index (χ3n) is 2.78. The van der Waals surface area contributed by atoms with Crippen LogP contribution in [0.5, 0.6) is 0 Å². The van der Waals surface area contributed by atoms with Gasteiger partial charge in [0.25, 0.3) is 0 Å². The van der Waals surface area contributed by atoms with Crippen LogP contribution in [0.2, 0.25) is 0 Å². The summed E-state index contributed by atoms with van der Waals surface area (Å²) in [5, 5.41) is 3.48. The Morgan fingerprint density at radius 3 is 2.67 bits per heavy atom. The SMILES string of the molecule is CCCCNCCc1cc(C)ccc1C. The molecule has 84 valence electrons. The molecule has 1 aromatic carbocycles. The van der Waals surface area contributed by atoms with Gasteiger partial charge in [-0.15, -0.1) is 0 Å². The Morgan fingerprint density at radius 2 is 1.93 bits per heavy atom. The van der Waals surface area contributed by atoms with Crippen LogP contribution < -0.4 is 5.32 Å². The van der Waals surface area contributed by atoms with Gasteiger partial charge in [0, 0.05) is 0 Å². The molecule has 0 aliphatic carbocycles. The van der Waals surface area contributed by atoms with Crippen molar-refractivity contribution in [1.82, 2.24) is 5.32 Å². The first-order chi connectivity index (χ1) is 7.24. The van der Waals surface area contributed by atoms with Crippen LogP contribution in [-0.2, 0) is 6.42 Å². The van der Waals surface area contributed by atoms with E-state index in [0.717, 1.165) is 19.5 Å². The molecule has 0 heterocycles. The summed E-state index contributed by atoms with van der Waals surface area (Å²) in [4.78, 5) is 0. The van der Waals surface area contributed by atoms with Crippen molar-refractivity contribution in [3.8, 4) is 0 Å². The molecule has 0 atom stereocenters. The molecule has 0 bridgehead atoms. The molecule has 0 aliphatic rings. The second-order valence-corrected chi connectivity index (χ2v) is 4.28. The minimum Gasteiger partial charge on any atom is -0.316 e. The fourth-order valence-corrected chi connectivity index (χ4v) is 1.72. The Morgan fingerprint density at radius 1 is 1.13 bits per heavy atom. The highest BCUT2D eigenvalue weighted by atomic mass is 14.8. The lowest BCUT2D eigenvalue weighted by molar-refractivity contribution is 0.639. The Hall–Kier alpha value is -0.820. The van der Waals surface area contributed by atoms with Gasteiger partial charge < -0.3 is 5.32 Å². The predicted octanol–water partition coefficient (Wildman–Crippen LogP) is 3.24. The molecule has 0 amide bonds. The molecule has 0 fully saturated rings. The molecule has 0 aliphatic heterocycles. The maximum Gasteiger partial charge on any atom is -0.000825 e. The monoisotopic (exact) mass is 205 g/mol. The highest BCUT2D eigenvalue weighted by molar-refractivity contribution is 5.30. The summed E-state index contributed by atoms with van der Waals surface area (Å²) in [6, 6.07) is 6.71. The van der Waals surface area contributed by atoms with Crippen molar-refractivity contribution in [2.24, 2.45) is 0 Å². The quantitative estimate of drug-likeness (QED) is 0.703. The van der Waals surface area contributed by atoms with Crippen LogP contribution in [0.1, 0.15) is 36.5 Å². The molecule has 0 aromatic heterocycles. The van der Waals surface area contributed by atoms with E-state index in [-0.39, 0.29) is 0 Å². The highest BCUT2D eigenvalue weighted by Gasteiger charge is 1.98. The Balaban J connectivity index is 2.33.